The van der Waals surface area contributed by atoms with Gasteiger partial charge in [-0.3, -0.25) is 14.3 Å². The lowest BCUT2D eigenvalue weighted by molar-refractivity contribution is 0.0596. The van der Waals surface area contributed by atoms with Crippen LogP contribution < -0.4 is 5.01 Å². The van der Waals surface area contributed by atoms with Crippen molar-refractivity contribution in [2.24, 2.45) is 0 Å². The smallest absolute Gasteiger partial charge is 0.340 e. The van der Waals surface area contributed by atoms with Gasteiger partial charge >= 0.3 is 5.97 Å². The standard InChI is InChI=1S/C16H18N2O6/c1-9-12(16(21)23-3)13-10(19)8-11(22-2)15(20)14(13)18(9)17-4-6-24-7-5-17/h8H,4-7H2,1-3H3. The normalized spacial score (nSPS) is 17.5. The monoisotopic (exact) mass is 334 g/mol. The number of carbonyl (C=O) groups excluding carboxylic acids is 3. The summed E-state index contributed by atoms with van der Waals surface area (Å²) in [5.41, 5.74) is 0.806. The number of hydrogen-bond donors (Lipinski definition) is 0. The van der Waals surface area contributed by atoms with Crippen LogP contribution >= 0.6 is 0 Å². The van der Waals surface area contributed by atoms with Crippen LogP contribution in [0, 0.1) is 6.92 Å². The SMILES string of the molecule is COC(=O)c1c2c(n(N3CCOCC3)c1C)C(=O)C(OC)=CC2=O. The van der Waals surface area contributed by atoms with Crippen molar-refractivity contribution in [3.63, 3.8) is 0 Å². The van der Waals surface area contributed by atoms with Gasteiger partial charge in [0, 0.05) is 6.08 Å². The molecule has 0 amide bonds. The number of Topliss-reactive ketones (excluding diaryl/α,β-unsaturated/α-hetero) is 1. The number of fused-ring (bicyclic) bond motifs is 1. The second kappa shape index (κ2) is 6.12. The first-order chi connectivity index (χ1) is 11.5. The fourth-order valence-corrected chi connectivity index (χ4v) is 3.11. The zero-order valence-corrected chi connectivity index (χ0v) is 13.7. The molecule has 2 aliphatic rings. The number of ketones is 2. The number of morpholine rings is 1. The lowest BCUT2D eigenvalue weighted by Gasteiger charge is -2.32. The van der Waals surface area contributed by atoms with Gasteiger partial charge in [-0.15, -0.1) is 0 Å². The van der Waals surface area contributed by atoms with E-state index in [-0.39, 0.29) is 22.6 Å². The summed E-state index contributed by atoms with van der Waals surface area (Å²) in [7, 11) is 2.57. The van der Waals surface area contributed by atoms with Crippen LogP contribution in [0.25, 0.3) is 0 Å². The second-order valence-electron chi connectivity index (χ2n) is 5.46. The molecule has 1 saturated heterocycles. The highest BCUT2D eigenvalue weighted by molar-refractivity contribution is 6.26. The first-order valence-corrected chi connectivity index (χ1v) is 7.52. The minimum absolute atomic E-state index is 0.0454. The first-order valence-electron chi connectivity index (χ1n) is 7.52. The number of carbonyl (C=O) groups is 3. The minimum Gasteiger partial charge on any atom is -0.492 e. The maximum Gasteiger partial charge on any atom is 0.340 e. The van der Waals surface area contributed by atoms with E-state index in [2.05, 4.69) is 0 Å². The van der Waals surface area contributed by atoms with Gasteiger partial charge in [-0.05, 0) is 6.92 Å². The molecule has 1 aliphatic carbocycles. The Kier molecular flexibility index (Phi) is 4.15. The number of aromatic nitrogens is 1. The van der Waals surface area contributed by atoms with E-state index >= 15 is 0 Å². The van der Waals surface area contributed by atoms with Gasteiger partial charge in [-0.25, -0.2) is 4.79 Å². The van der Waals surface area contributed by atoms with Gasteiger partial charge in [0.1, 0.15) is 5.69 Å². The van der Waals surface area contributed by atoms with Crippen molar-refractivity contribution in [1.82, 2.24) is 4.68 Å². The van der Waals surface area contributed by atoms with Crippen LogP contribution in [0.1, 0.15) is 36.9 Å². The summed E-state index contributed by atoms with van der Waals surface area (Å²) >= 11 is 0. The quantitative estimate of drug-likeness (QED) is 0.742. The second-order valence-corrected chi connectivity index (χ2v) is 5.46. The highest BCUT2D eigenvalue weighted by Crippen LogP contribution is 2.31. The van der Waals surface area contributed by atoms with Crippen LogP contribution in [-0.4, -0.2) is 62.7 Å². The van der Waals surface area contributed by atoms with Crippen molar-refractivity contribution in [2.75, 3.05) is 45.5 Å². The molecule has 0 atom stereocenters. The van der Waals surface area contributed by atoms with E-state index in [1.165, 1.54) is 14.2 Å². The van der Waals surface area contributed by atoms with Gasteiger partial charge in [-0.1, -0.05) is 0 Å². The molecule has 1 fully saturated rings. The third-order valence-corrected chi connectivity index (χ3v) is 4.21. The summed E-state index contributed by atoms with van der Waals surface area (Å²) in [6.45, 7) is 3.75. The highest BCUT2D eigenvalue weighted by Gasteiger charge is 2.39. The van der Waals surface area contributed by atoms with Crippen molar-refractivity contribution in [3.8, 4) is 0 Å². The molecule has 24 heavy (non-hydrogen) atoms. The average molecular weight is 334 g/mol. The number of ether oxygens (including phenoxy) is 3. The minimum atomic E-state index is -0.647. The van der Waals surface area contributed by atoms with Gasteiger partial charge < -0.3 is 19.2 Å². The molecular weight excluding hydrogens is 316 g/mol. The summed E-state index contributed by atoms with van der Waals surface area (Å²) < 4.78 is 16.8. The predicted octanol–water partition coefficient (Wildman–Crippen LogP) is 0.461. The third-order valence-electron chi connectivity index (χ3n) is 4.21. The van der Waals surface area contributed by atoms with Gasteiger partial charge in [0.05, 0.1) is 57.3 Å². The van der Waals surface area contributed by atoms with E-state index in [1.807, 2.05) is 5.01 Å². The molecule has 1 aromatic rings. The van der Waals surface area contributed by atoms with E-state index in [0.717, 1.165) is 6.08 Å². The van der Waals surface area contributed by atoms with Crippen LogP contribution in [0.15, 0.2) is 11.8 Å². The van der Waals surface area contributed by atoms with Gasteiger partial charge in [-0.2, -0.15) is 0 Å². The Balaban J connectivity index is 2.26. The summed E-state index contributed by atoms with van der Waals surface area (Å²) in [6, 6.07) is 0. The number of rotatable bonds is 3. The molecule has 0 radical (unpaired) electrons. The van der Waals surface area contributed by atoms with E-state index in [4.69, 9.17) is 14.2 Å². The van der Waals surface area contributed by atoms with Crippen molar-refractivity contribution >= 4 is 17.5 Å². The number of methoxy groups -OCH3 is 2. The van der Waals surface area contributed by atoms with Crippen molar-refractivity contribution in [1.29, 1.82) is 0 Å². The molecule has 0 saturated carbocycles. The maximum atomic E-state index is 12.8. The Morgan fingerprint density at radius 1 is 1.21 bits per heavy atom. The van der Waals surface area contributed by atoms with Gasteiger partial charge in [0.15, 0.2) is 11.5 Å². The fraction of sp³-hybridized carbons (Fsp3) is 0.438. The van der Waals surface area contributed by atoms with Crippen molar-refractivity contribution < 1.29 is 28.6 Å². The molecule has 1 aromatic heterocycles. The van der Waals surface area contributed by atoms with Gasteiger partial charge in [0.25, 0.3) is 0 Å². The number of hydrogen-bond acceptors (Lipinski definition) is 7. The number of allylic oxidation sites excluding steroid dienone is 2. The summed E-state index contributed by atoms with van der Waals surface area (Å²) in [6.07, 6.45) is 1.11. The summed E-state index contributed by atoms with van der Waals surface area (Å²) in [4.78, 5) is 37.5. The summed E-state index contributed by atoms with van der Waals surface area (Å²) in [5.74, 6) is -1.57. The molecule has 0 bridgehead atoms. The van der Waals surface area contributed by atoms with Crippen molar-refractivity contribution in [3.05, 3.63) is 34.3 Å². The molecule has 0 unspecified atom stereocenters. The molecule has 128 valence electrons. The van der Waals surface area contributed by atoms with E-state index in [1.54, 1.807) is 11.6 Å². The molecule has 8 heteroatoms. The Bertz CT molecular complexity index is 755. The zero-order chi connectivity index (χ0) is 17.4. The largest absolute Gasteiger partial charge is 0.492 e. The first kappa shape index (κ1) is 16.3. The zero-order valence-electron chi connectivity index (χ0n) is 13.7. The maximum absolute atomic E-state index is 12.8. The Morgan fingerprint density at radius 2 is 1.88 bits per heavy atom. The average Bonchev–Trinajstić information content (AvgIpc) is 2.92. The molecule has 8 nitrogen and oxygen atoms in total. The molecular formula is C16H18N2O6. The van der Waals surface area contributed by atoms with Crippen LogP contribution in [0.2, 0.25) is 0 Å². The molecule has 1 aliphatic heterocycles. The molecule has 0 N–H and O–H groups in total. The van der Waals surface area contributed by atoms with E-state index in [0.29, 0.717) is 32.0 Å². The number of esters is 1. The summed E-state index contributed by atoms with van der Waals surface area (Å²) in [5, 5.41) is 1.88. The predicted molar refractivity (Wildman–Crippen MR) is 83.0 cm³/mol. The molecule has 2 heterocycles. The highest BCUT2D eigenvalue weighted by atomic mass is 16.5. The molecule has 0 spiro atoms. The lowest BCUT2D eigenvalue weighted by atomic mass is 9.96. The topological polar surface area (TPSA) is 87.1 Å². The van der Waals surface area contributed by atoms with Crippen LogP contribution in [0.5, 0.6) is 0 Å². The van der Waals surface area contributed by atoms with E-state index < -0.39 is 17.5 Å². The molecule has 0 aromatic carbocycles. The van der Waals surface area contributed by atoms with Crippen molar-refractivity contribution in [2.45, 2.75) is 6.92 Å². The van der Waals surface area contributed by atoms with E-state index in [9.17, 15) is 14.4 Å². The fourth-order valence-electron chi connectivity index (χ4n) is 3.11. The number of nitrogens with zero attached hydrogens (tertiary/aromatic N) is 2. The Morgan fingerprint density at radius 3 is 2.46 bits per heavy atom. The lowest BCUT2D eigenvalue weighted by Crippen LogP contribution is -2.46. The molecule has 3 rings (SSSR count). The van der Waals surface area contributed by atoms with Gasteiger partial charge in [0.2, 0.25) is 5.78 Å². The van der Waals surface area contributed by atoms with Crippen LogP contribution in [-0.2, 0) is 14.2 Å². The van der Waals surface area contributed by atoms with Crippen LogP contribution in [0.4, 0.5) is 0 Å². The Labute approximate surface area is 138 Å². The Hall–Kier alpha value is -2.61. The van der Waals surface area contributed by atoms with Crippen LogP contribution in [0.3, 0.4) is 0 Å². The third kappa shape index (κ3) is 2.30.